The van der Waals surface area contributed by atoms with Gasteiger partial charge in [0.15, 0.2) is 5.96 Å². The number of aliphatic imine (C=N–C) groups is 1. The van der Waals surface area contributed by atoms with Crippen LogP contribution >= 0.6 is 11.8 Å². The Balaban J connectivity index is 1.43. The Morgan fingerprint density at radius 2 is 2.20 bits per heavy atom. The van der Waals surface area contributed by atoms with E-state index in [9.17, 15) is 5.11 Å². The molecule has 144 valence electrons. The monoisotopic (exact) mass is 370 g/mol. The number of ether oxygens (including phenoxy) is 1. The minimum absolute atomic E-state index is 0.474. The standard InChI is InChI=1S/C18H34N4O2S/c1-2-19-17(20-13-18(23)6-10-25-14-18)21-16-3-7-22(8-4-16)11-15-5-9-24-12-15/h15-16,23H,2-14H2,1H3,(H2,19,20,21). The Hall–Kier alpha value is -0.500. The van der Waals surface area contributed by atoms with E-state index in [0.29, 0.717) is 12.6 Å². The highest BCUT2D eigenvalue weighted by Gasteiger charge is 2.31. The van der Waals surface area contributed by atoms with Crippen LogP contribution in [0.25, 0.3) is 0 Å². The van der Waals surface area contributed by atoms with Crippen LogP contribution in [0, 0.1) is 5.92 Å². The smallest absolute Gasteiger partial charge is 0.191 e. The van der Waals surface area contributed by atoms with E-state index in [1.54, 1.807) is 0 Å². The molecule has 25 heavy (non-hydrogen) atoms. The second-order valence-corrected chi connectivity index (χ2v) is 8.78. The van der Waals surface area contributed by atoms with Crippen LogP contribution in [0.15, 0.2) is 4.99 Å². The molecule has 6 nitrogen and oxygen atoms in total. The van der Waals surface area contributed by atoms with E-state index in [2.05, 4.69) is 27.4 Å². The van der Waals surface area contributed by atoms with Crippen LogP contribution in [0.3, 0.4) is 0 Å². The summed E-state index contributed by atoms with van der Waals surface area (Å²) in [6.45, 7) is 8.79. The number of guanidine groups is 1. The normalized spacial score (nSPS) is 32.2. The topological polar surface area (TPSA) is 69.1 Å². The quantitative estimate of drug-likeness (QED) is 0.477. The molecule has 0 aliphatic carbocycles. The Bertz CT molecular complexity index is 429. The van der Waals surface area contributed by atoms with Crippen molar-refractivity contribution in [2.75, 3.05) is 57.4 Å². The number of rotatable bonds is 6. The molecule has 7 heteroatoms. The molecule has 3 rings (SSSR count). The number of piperidine rings is 1. The number of thioether (sulfide) groups is 1. The van der Waals surface area contributed by atoms with Crippen LogP contribution < -0.4 is 10.6 Å². The molecule has 0 radical (unpaired) electrons. The van der Waals surface area contributed by atoms with Crippen LogP contribution in [-0.4, -0.2) is 85.1 Å². The summed E-state index contributed by atoms with van der Waals surface area (Å²) in [6, 6.07) is 0.474. The van der Waals surface area contributed by atoms with E-state index in [1.165, 1.54) is 13.0 Å². The number of hydrogen-bond acceptors (Lipinski definition) is 5. The summed E-state index contributed by atoms with van der Waals surface area (Å²) >= 11 is 1.82. The molecule has 3 heterocycles. The first-order valence-electron chi connectivity index (χ1n) is 9.82. The fourth-order valence-electron chi connectivity index (χ4n) is 3.81. The Morgan fingerprint density at radius 3 is 2.84 bits per heavy atom. The average molecular weight is 371 g/mol. The zero-order valence-corrected chi connectivity index (χ0v) is 16.3. The van der Waals surface area contributed by atoms with Crippen molar-refractivity contribution in [2.24, 2.45) is 10.9 Å². The van der Waals surface area contributed by atoms with Gasteiger partial charge in [0.2, 0.25) is 0 Å². The molecule has 0 aromatic rings. The first-order valence-corrected chi connectivity index (χ1v) is 11.0. The van der Waals surface area contributed by atoms with Gasteiger partial charge in [0.1, 0.15) is 0 Å². The van der Waals surface area contributed by atoms with Crippen LogP contribution in [0.5, 0.6) is 0 Å². The first kappa shape index (κ1) is 19.3. The van der Waals surface area contributed by atoms with Gasteiger partial charge < -0.3 is 25.4 Å². The summed E-state index contributed by atoms with van der Waals surface area (Å²) < 4.78 is 5.49. The highest BCUT2D eigenvalue weighted by molar-refractivity contribution is 7.99. The predicted octanol–water partition coefficient (Wildman–Crippen LogP) is 0.910. The third-order valence-electron chi connectivity index (χ3n) is 5.43. The summed E-state index contributed by atoms with van der Waals surface area (Å²) in [5.41, 5.74) is -0.611. The maximum Gasteiger partial charge on any atom is 0.191 e. The fraction of sp³-hybridized carbons (Fsp3) is 0.944. The summed E-state index contributed by atoms with van der Waals surface area (Å²) in [5, 5.41) is 17.4. The highest BCUT2D eigenvalue weighted by atomic mass is 32.2. The molecule has 0 spiro atoms. The van der Waals surface area contributed by atoms with Crippen LogP contribution in [0.1, 0.15) is 32.6 Å². The van der Waals surface area contributed by atoms with Crippen LogP contribution in [0.4, 0.5) is 0 Å². The molecule has 0 amide bonds. The van der Waals surface area contributed by atoms with Gasteiger partial charge in [-0.1, -0.05) is 0 Å². The number of hydrogen-bond donors (Lipinski definition) is 3. The molecule has 0 aromatic heterocycles. The van der Waals surface area contributed by atoms with Crippen molar-refractivity contribution >= 4 is 17.7 Å². The number of likely N-dealkylation sites (tertiary alicyclic amines) is 1. The average Bonchev–Trinajstić information content (AvgIpc) is 3.27. The highest BCUT2D eigenvalue weighted by Crippen LogP contribution is 2.27. The molecule has 3 aliphatic rings. The Kier molecular flexibility index (Phi) is 7.28. The number of nitrogens with zero attached hydrogens (tertiary/aromatic N) is 2. The lowest BCUT2D eigenvalue weighted by molar-refractivity contribution is 0.0778. The van der Waals surface area contributed by atoms with Gasteiger partial charge in [-0.2, -0.15) is 11.8 Å². The molecule has 0 saturated carbocycles. The van der Waals surface area contributed by atoms with E-state index >= 15 is 0 Å². The van der Waals surface area contributed by atoms with E-state index in [0.717, 1.165) is 75.5 Å². The molecule has 3 fully saturated rings. The van der Waals surface area contributed by atoms with Gasteiger partial charge in [-0.05, 0) is 44.3 Å². The lowest BCUT2D eigenvalue weighted by atomic mass is 10.0. The molecular formula is C18H34N4O2S. The number of aliphatic hydroxyl groups is 1. The summed E-state index contributed by atoms with van der Waals surface area (Å²) in [4.78, 5) is 7.25. The van der Waals surface area contributed by atoms with Crippen molar-refractivity contribution in [3.05, 3.63) is 0 Å². The zero-order chi connectivity index (χ0) is 17.5. The molecule has 0 bridgehead atoms. The molecule has 3 aliphatic heterocycles. The first-order chi connectivity index (χ1) is 12.2. The third-order valence-corrected chi connectivity index (χ3v) is 6.66. The van der Waals surface area contributed by atoms with Crippen LogP contribution in [-0.2, 0) is 4.74 Å². The van der Waals surface area contributed by atoms with E-state index in [4.69, 9.17) is 4.74 Å². The Morgan fingerprint density at radius 1 is 1.36 bits per heavy atom. The van der Waals surface area contributed by atoms with Crippen molar-refractivity contribution in [1.82, 2.24) is 15.5 Å². The van der Waals surface area contributed by atoms with Gasteiger partial charge in [0, 0.05) is 44.6 Å². The minimum atomic E-state index is -0.611. The molecule has 0 aromatic carbocycles. The largest absolute Gasteiger partial charge is 0.387 e. The van der Waals surface area contributed by atoms with Gasteiger partial charge >= 0.3 is 0 Å². The van der Waals surface area contributed by atoms with Crippen molar-refractivity contribution in [1.29, 1.82) is 0 Å². The van der Waals surface area contributed by atoms with Crippen molar-refractivity contribution < 1.29 is 9.84 Å². The molecular weight excluding hydrogens is 336 g/mol. The summed E-state index contributed by atoms with van der Waals surface area (Å²) in [7, 11) is 0. The molecule has 3 saturated heterocycles. The number of nitrogens with one attached hydrogen (secondary N) is 2. The second-order valence-electron chi connectivity index (χ2n) is 7.67. The predicted molar refractivity (Wildman–Crippen MR) is 104 cm³/mol. The van der Waals surface area contributed by atoms with Crippen molar-refractivity contribution in [3.8, 4) is 0 Å². The third kappa shape index (κ3) is 6.01. The van der Waals surface area contributed by atoms with Gasteiger partial charge in [-0.15, -0.1) is 0 Å². The lowest BCUT2D eigenvalue weighted by Crippen LogP contribution is -2.49. The van der Waals surface area contributed by atoms with Crippen molar-refractivity contribution in [3.63, 3.8) is 0 Å². The van der Waals surface area contributed by atoms with Gasteiger partial charge in [-0.3, -0.25) is 4.99 Å². The van der Waals surface area contributed by atoms with E-state index < -0.39 is 5.60 Å². The van der Waals surface area contributed by atoms with Crippen LogP contribution in [0.2, 0.25) is 0 Å². The van der Waals surface area contributed by atoms with Crippen molar-refractivity contribution in [2.45, 2.75) is 44.2 Å². The Labute approximate surface area is 156 Å². The maximum atomic E-state index is 10.5. The molecule has 2 atom stereocenters. The van der Waals surface area contributed by atoms with E-state index in [1.807, 2.05) is 11.8 Å². The van der Waals surface area contributed by atoms with Gasteiger partial charge in [-0.25, -0.2) is 0 Å². The molecule has 3 N–H and O–H groups in total. The second kappa shape index (κ2) is 9.44. The lowest BCUT2D eigenvalue weighted by Gasteiger charge is -2.34. The summed E-state index contributed by atoms with van der Waals surface area (Å²) in [6.07, 6.45) is 4.37. The SMILES string of the molecule is CCNC(=NCC1(O)CCSC1)NC1CCN(CC2CCOC2)CC1. The van der Waals surface area contributed by atoms with Gasteiger partial charge in [0.05, 0.1) is 18.8 Å². The zero-order valence-electron chi connectivity index (χ0n) is 15.5. The van der Waals surface area contributed by atoms with Gasteiger partial charge in [0.25, 0.3) is 0 Å². The minimum Gasteiger partial charge on any atom is -0.387 e. The fourth-order valence-corrected chi connectivity index (χ4v) is 5.10. The molecule has 2 unspecified atom stereocenters. The van der Waals surface area contributed by atoms with E-state index in [-0.39, 0.29) is 0 Å². The maximum absolute atomic E-state index is 10.5. The summed E-state index contributed by atoms with van der Waals surface area (Å²) in [5.74, 6) is 3.43.